The summed E-state index contributed by atoms with van der Waals surface area (Å²) in [7, 11) is 0. The number of hydrogen-bond acceptors (Lipinski definition) is 3. The van der Waals surface area contributed by atoms with Gasteiger partial charge < -0.3 is 15.3 Å². The van der Waals surface area contributed by atoms with Crippen LogP contribution in [-0.4, -0.2) is 28.2 Å². The molecular formula is C6H14O3. The van der Waals surface area contributed by atoms with Gasteiger partial charge in [-0.05, 0) is 6.42 Å². The van der Waals surface area contributed by atoms with Gasteiger partial charge in [0, 0.05) is 5.41 Å². The highest BCUT2D eigenvalue weighted by Crippen LogP contribution is 2.22. The molecule has 0 radical (unpaired) electrons. The third-order valence-corrected chi connectivity index (χ3v) is 1.79. The average Bonchev–Trinajstić information content (AvgIpc) is 1.86. The SMILES string of the molecule is CCC(C)(CO)C(O)O. The molecule has 0 aliphatic rings. The zero-order valence-corrected chi connectivity index (χ0v) is 5.83. The topological polar surface area (TPSA) is 60.7 Å². The van der Waals surface area contributed by atoms with E-state index in [4.69, 9.17) is 15.3 Å². The van der Waals surface area contributed by atoms with Gasteiger partial charge >= 0.3 is 0 Å². The molecule has 0 heterocycles. The van der Waals surface area contributed by atoms with E-state index in [1.54, 1.807) is 13.8 Å². The van der Waals surface area contributed by atoms with Crippen LogP contribution in [0.15, 0.2) is 0 Å². The highest BCUT2D eigenvalue weighted by atomic mass is 16.5. The van der Waals surface area contributed by atoms with Gasteiger partial charge in [-0.1, -0.05) is 13.8 Å². The van der Waals surface area contributed by atoms with Crippen molar-refractivity contribution < 1.29 is 15.3 Å². The van der Waals surface area contributed by atoms with Crippen molar-refractivity contribution in [2.75, 3.05) is 6.61 Å². The van der Waals surface area contributed by atoms with E-state index in [2.05, 4.69) is 0 Å². The standard InChI is InChI=1S/C6H14O3/c1-3-6(2,4-7)5(8)9/h5,7-9H,3-4H2,1-2H3. The first-order valence-electron chi connectivity index (χ1n) is 3.04. The first-order valence-corrected chi connectivity index (χ1v) is 3.04. The summed E-state index contributed by atoms with van der Waals surface area (Å²) >= 11 is 0. The Morgan fingerprint density at radius 3 is 1.89 bits per heavy atom. The van der Waals surface area contributed by atoms with Gasteiger partial charge in [0.2, 0.25) is 0 Å². The molecule has 0 aromatic carbocycles. The molecule has 0 aliphatic carbocycles. The highest BCUT2D eigenvalue weighted by Gasteiger charge is 2.28. The summed E-state index contributed by atoms with van der Waals surface area (Å²) < 4.78 is 0. The largest absolute Gasteiger partial charge is 0.396 e. The second-order valence-corrected chi connectivity index (χ2v) is 2.54. The van der Waals surface area contributed by atoms with Crippen molar-refractivity contribution in [2.24, 2.45) is 5.41 Å². The Labute approximate surface area is 54.9 Å². The van der Waals surface area contributed by atoms with Crippen LogP contribution in [0.2, 0.25) is 0 Å². The van der Waals surface area contributed by atoms with Gasteiger partial charge in [-0.15, -0.1) is 0 Å². The Kier molecular flexibility index (Phi) is 3.11. The monoisotopic (exact) mass is 134 g/mol. The van der Waals surface area contributed by atoms with Crippen molar-refractivity contribution in [1.82, 2.24) is 0 Å². The first kappa shape index (κ1) is 8.88. The number of aliphatic hydroxyl groups is 3. The lowest BCUT2D eigenvalue weighted by Crippen LogP contribution is -2.34. The first-order chi connectivity index (χ1) is 4.06. The molecule has 3 nitrogen and oxygen atoms in total. The fraction of sp³-hybridized carbons (Fsp3) is 1.00. The molecule has 0 saturated heterocycles. The lowest BCUT2D eigenvalue weighted by molar-refractivity contribution is -0.145. The normalized spacial score (nSPS) is 18.0. The van der Waals surface area contributed by atoms with Crippen LogP contribution in [0.1, 0.15) is 20.3 Å². The molecule has 0 amide bonds. The minimum atomic E-state index is -1.42. The van der Waals surface area contributed by atoms with Crippen LogP contribution in [0.5, 0.6) is 0 Å². The van der Waals surface area contributed by atoms with Crippen LogP contribution in [-0.2, 0) is 0 Å². The Balaban J connectivity index is 3.92. The lowest BCUT2D eigenvalue weighted by Gasteiger charge is -2.26. The van der Waals surface area contributed by atoms with E-state index in [-0.39, 0.29) is 6.61 Å². The van der Waals surface area contributed by atoms with E-state index in [9.17, 15) is 0 Å². The molecule has 0 fully saturated rings. The second kappa shape index (κ2) is 3.15. The quantitative estimate of drug-likeness (QED) is 0.465. The summed E-state index contributed by atoms with van der Waals surface area (Å²) in [6.07, 6.45) is -0.867. The zero-order chi connectivity index (χ0) is 7.49. The molecule has 1 atom stereocenters. The van der Waals surface area contributed by atoms with Crippen molar-refractivity contribution in [2.45, 2.75) is 26.6 Å². The Hall–Kier alpha value is -0.120. The predicted octanol–water partition coefficient (Wildman–Crippen LogP) is -0.294. The van der Waals surface area contributed by atoms with E-state index in [1.165, 1.54) is 0 Å². The van der Waals surface area contributed by atoms with E-state index in [0.717, 1.165) is 0 Å². The predicted molar refractivity (Wildman–Crippen MR) is 33.7 cm³/mol. The van der Waals surface area contributed by atoms with Crippen LogP contribution < -0.4 is 0 Å². The molecule has 56 valence electrons. The molecule has 9 heavy (non-hydrogen) atoms. The smallest absolute Gasteiger partial charge is 0.159 e. The Morgan fingerprint density at radius 2 is 1.89 bits per heavy atom. The van der Waals surface area contributed by atoms with Crippen molar-refractivity contribution in [1.29, 1.82) is 0 Å². The molecule has 0 rings (SSSR count). The second-order valence-electron chi connectivity index (χ2n) is 2.54. The van der Waals surface area contributed by atoms with E-state index >= 15 is 0 Å². The van der Waals surface area contributed by atoms with Gasteiger partial charge in [0.25, 0.3) is 0 Å². The minimum absolute atomic E-state index is 0.193. The third-order valence-electron chi connectivity index (χ3n) is 1.79. The number of hydrogen-bond donors (Lipinski definition) is 3. The van der Waals surface area contributed by atoms with Crippen LogP contribution in [0, 0.1) is 5.41 Å². The molecular weight excluding hydrogens is 120 g/mol. The molecule has 3 N–H and O–H groups in total. The van der Waals surface area contributed by atoms with Crippen LogP contribution in [0.25, 0.3) is 0 Å². The summed E-state index contributed by atoms with van der Waals surface area (Å²) in [5.74, 6) is 0. The van der Waals surface area contributed by atoms with Gasteiger partial charge in [-0.3, -0.25) is 0 Å². The molecule has 3 heteroatoms. The average molecular weight is 134 g/mol. The zero-order valence-electron chi connectivity index (χ0n) is 5.83. The van der Waals surface area contributed by atoms with Gasteiger partial charge in [-0.2, -0.15) is 0 Å². The number of rotatable bonds is 3. The molecule has 0 aliphatic heterocycles. The van der Waals surface area contributed by atoms with E-state index in [1.807, 2.05) is 0 Å². The molecule has 0 aromatic rings. The molecule has 0 aromatic heterocycles. The maximum atomic E-state index is 8.67. The summed E-state index contributed by atoms with van der Waals surface area (Å²) in [6.45, 7) is 3.23. The van der Waals surface area contributed by atoms with Crippen molar-refractivity contribution in [3.05, 3.63) is 0 Å². The summed E-state index contributed by atoms with van der Waals surface area (Å²) in [5, 5.41) is 26.0. The van der Waals surface area contributed by atoms with Crippen molar-refractivity contribution in [3.8, 4) is 0 Å². The van der Waals surface area contributed by atoms with Crippen LogP contribution in [0.4, 0.5) is 0 Å². The molecule has 0 bridgehead atoms. The van der Waals surface area contributed by atoms with Gasteiger partial charge in [-0.25, -0.2) is 0 Å². The van der Waals surface area contributed by atoms with Crippen LogP contribution >= 0.6 is 0 Å². The minimum Gasteiger partial charge on any atom is -0.396 e. The fourth-order valence-corrected chi connectivity index (χ4v) is 0.376. The van der Waals surface area contributed by atoms with Crippen LogP contribution in [0.3, 0.4) is 0 Å². The molecule has 0 saturated carbocycles. The Morgan fingerprint density at radius 1 is 1.44 bits per heavy atom. The highest BCUT2D eigenvalue weighted by molar-refractivity contribution is 4.72. The maximum Gasteiger partial charge on any atom is 0.159 e. The summed E-state index contributed by atoms with van der Waals surface area (Å²) in [6, 6.07) is 0. The Bertz CT molecular complexity index is 76.4. The van der Waals surface area contributed by atoms with Gasteiger partial charge in [0.1, 0.15) is 0 Å². The fourth-order valence-electron chi connectivity index (χ4n) is 0.376. The number of aliphatic hydroxyl groups excluding tert-OH is 2. The van der Waals surface area contributed by atoms with E-state index < -0.39 is 11.7 Å². The van der Waals surface area contributed by atoms with E-state index in [0.29, 0.717) is 6.42 Å². The van der Waals surface area contributed by atoms with Crippen molar-refractivity contribution >= 4 is 0 Å². The lowest BCUT2D eigenvalue weighted by atomic mass is 9.88. The van der Waals surface area contributed by atoms with Crippen molar-refractivity contribution in [3.63, 3.8) is 0 Å². The van der Waals surface area contributed by atoms with Gasteiger partial charge in [0.15, 0.2) is 6.29 Å². The van der Waals surface area contributed by atoms with Gasteiger partial charge in [0.05, 0.1) is 6.61 Å². The maximum absolute atomic E-state index is 8.67. The molecule has 1 unspecified atom stereocenters. The third kappa shape index (κ3) is 1.93. The summed E-state index contributed by atoms with van der Waals surface area (Å²) in [4.78, 5) is 0. The summed E-state index contributed by atoms with van der Waals surface area (Å²) in [5.41, 5.74) is -0.750. The molecule has 0 spiro atoms.